The minimum absolute atomic E-state index is 0.382. The number of rotatable bonds is 1. The van der Waals surface area contributed by atoms with Crippen LogP contribution in [-0.2, 0) is 4.74 Å². The van der Waals surface area contributed by atoms with Crippen LogP contribution in [0.15, 0.2) is 18.3 Å². The zero-order valence-electron chi connectivity index (χ0n) is 5.70. The van der Waals surface area contributed by atoms with Crippen LogP contribution in [0.4, 0.5) is 4.79 Å². The third-order valence-corrected chi connectivity index (χ3v) is 1.01. The quantitative estimate of drug-likeness (QED) is 0.585. The van der Waals surface area contributed by atoms with E-state index in [1.165, 1.54) is 4.57 Å². The molecular formula is C7H8NO2. The predicted octanol–water partition coefficient (Wildman–Crippen LogP) is 1.29. The van der Waals surface area contributed by atoms with Gasteiger partial charge in [-0.3, -0.25) is 4.57 Å². The molecule has 1 aromatic heterocycles. The van der Waals surface area contributed by atoms with Crippen molar-refractivity contribution in [1.82, 2.24) is 4.57 Å². The van der Waals surface area contributed by atoms with Gasteiger partial charge in [-0.1, -0.05) is 0 Å². The molecule has 3 nitrogen and oxygen atoms in total. The Bertz CT molecular complexity index is 203. The lowest BCUT2D eigenvalue weighted by molar-refractivity contribution is 0.154. The van der Waals surface area contributed by atoms with Gasteiger partial charge in [0.1, 0.15) is 0 Å². The van der Waals surface area contributed by atoms with E-state index in [1.807, 2.05) is 0 Å². The van der Waals surface area contributed by atoms with Crippen LogP contribution >= 0.6 is 0 Å². The summed E-state index contributed by atoms with van der Waals surface area (Å²) in [5, 5.41) is 0. The number of carbonyl (C=O) groups excluding carboxylic acids is 1. The summed E-state index contributed by atoms with van der Waals surface area (Å²) in [6.07, 6.45) is 3.88. The molecule has 53 valence electrons. The molecule has 10 heavy (non-hydrogen) atoms. The molecule has 0 aliphatic rings. The molecule has 3 heteroatoms. The fourth-order valence-electron chi connectivity index (χ4n) is 0.602. The van der Waals surface area contributed by atoms with Crippen molar-refractivity contribution in [3.63, 3.8) is 0 Å². The minimum Gasteiger partial charge on any atom is -0.449 e. The molecule has 0 unspecified atom stereocenters. The van der Waals surface area contributed by atoms with Crippen molar-refractivity contribution < 1.29 is 9.53 Å². The molecule has 0 bridgehead atoms. The van der Waals surface area contributed by atoms with Crippen LogP contribution in [0.25, 0.3) is 0 Å². The maximum Gasteiger partial charge on any atom is 0.418 e. The molecule has 0 fully saturated rings. The first-order valence-electron chi connectivity index (χ1n) is 3.06. The first-order chi connectivity index (χ1) is 4.84. The summed E-state index contributed by atoms with van der Waals surface area (Å²) in [6.45, 7) is 2.16. The van der Waals surface area contributed by atoms with Crippen molar-refractivity contribution in [2.24, 2.45) is 0 Å². The summed E-state index contributed by atoms with van der Waals surface area (Å²) in [5.74, 6) is 0. The SMILES string of the molecule is CCOC(=O)n1[c]ccc1. The number of ether oxygens (including phenoxy) is 1. The van der Waals surface area contributed by atoms with Gasteiger partial charge < -0.3 is 4.74 Å². The molecule has 1 heterocycles. The molecule has 1 rings (SSSR count). The van der Waals surface area contributed by atoms with Gasteiger partial charge in [0.25, 0.3) is 0 Å². The second-order valence-electron chi connectivity index (χ2n) is 1.71. The van der Waals surface area contributed by atoms with Crippen LogP contribution in [0.5, 0.6) is 0 Å². The van der Waals surface area contributed by atoms with Crippen LogP contribution in [0.1, 0.15) is 6.92 Å². The Morgan fingerprint density at radius 1 is 1.80 bits per heavy atom. The molecule has 0 atom stereocenters. The highest BCUT2D eigenvalue weighted by atomic mass is 16.5. The molecule has 0 aliphatic heterocycles. The first-order valence-corrected chi connectivity index (χ1v) is 3.06. The summed E-state index contributed by atoms with van der Waals surface area (Å²) in [4.78, 5) is 10.8. The molecule has 0 aromatic carbocycles. The highest BCUT2D eigenvalue weighted by Crippen LogP contribution is 1.90. The Hall–Kier alpha value is -1.25. The summed E-state index contributed by atoms with van der Waals surface area (Å²) < 4.78 is 5.95. The van der Waals surface area contributed by atoms with Gasteiger partial charge >= 0.3 is 6.09 Å². The highest BCUT2D eigenvalue weighted by molar-refractivity contribution is 5.70. The van der Waals surface area contributed by atoms with Gasteiger partial charge in [0.05, 0.1) is 12.8 Å². The van der Waals surface area contributed by atoms with E-state index in [4.69, 9.17) is 0 Å². The lowest BCUT2D eigenvalue weighted by Gasteiger charge is -1.99. The van der Waals surface area contributed by atoms with E-state index in [2.05, 4.69) is 10.9 Å². The molecule has 1 radical (unpaired) electrons. The van der Waals surface area contributed by atoms with Crippen molar-refractivity contribution in [2.75, 3.05) is 6.61 Å². The topological polar surface area (TPSA) is 31.2 Å². The highest BCUT2D eigenvalue weighted by Gasteiger charge is 2.00. The van der Waals surface area contributed by atoms with E-state index in [0.29, 0.717) is 6.61 Å². The molecule has 0 amide bonds. The van der Waals surface area contributed by atoms with Crippen molar-refractivity contribution >= 4 is 6.09 Å². The average Bonchev–Trinajstić information content (AvgIpc) is 2.38. The normalized spacial score (nSPS) is 9.30. The molecule has 0 aliphatic carbocycles. The Morgan fingerprint density at radius 3 is 3.10 bits per heavy atom. The van der Waals surface area contributed by atoms with E-state index >= 15 is 0 Å². The molecule has 0 N–H and O–H groups in total. The van der Waals surface area contributed by atoms with E-state index in [1.54, 1.807) is 25.3 Å². The molecule has 0 saturated heterocycles. The zero-order chi connectivity index (χ0) is 7.40. The van der Waals surface area contributed by atoms with Crippen LogP contribution < -0.4 is 0 Å². The monoisotopic (exact) mass is 138 g/mol. The number of hydrogen-bond acceptors (Lipinski definition) is 2. The van der Waals surface area contributed by atoms with Crippen molar-refractivity contribution in [2.45, 2.75) is 6.92 Å². The molecule has 0 spiro atoms. The number of aromatic nitrogens is 1. The summed E-state index contributed by atoms with van der Waals surface area (Å²) in [6, 6.07) is 3.37. The van der Waals surface area contributed by atoms with Gasteiger partial charge in [-0.05, 0) is 19.1 Å². The summed E-state index contributed by atoms with van der Waals surface area (Å²) in [5.41, 5.74) is 0. The Balaban J connectivity index is 2.59. The Kier molecular flexibility index (Phi) is 2.10. The van der Waals surface area contributed by atoms with E-state index in [9.17, 15) is 4.79 Å². The van der Waals surface area contributed by atoms with E-state index in [0.717, 1.165) is 0 Å². The lowest BCUT2D eigenvalue weighted by Crippen LogP contribution is -2.10. The van der Waals surface area contributed by atoms with Crippen molar-refractivity contribution in [1.29, 1.82) is 0 Å². The molecule has 1 aromatic rings. The molecular weight excluding hydrogens is 130 g/mol. The first kappa shape index (κ1) is 6.86. The fraction of sp³-hybridized carbons (Fsp3) is 0.286. The van der Waals surface area contributed by atoms with Gasteiger partial charge in [-0.2, -0.15) is 0 Å². The van der Waals surface area contributed by atoms with Gasteiger partial charge in [0, 0.05) is 6.20 Å². The van der Waals surface area contributed by atoms with Gasteiger partial charge in [0.2, 0.25) is 0 Å². The second-order valence-corrected chi connectivity index (χ2v) is 1.71. The average molecular weight is 138 g/mol. The van der Waals surface area contributed by atoms with E-state index in [-0.39, 0.29) is 6.09 Å². The zero-order valence-corrected chi connectivity index (χ0v) is 5.70. The third kappa shape index (κ3) is 1.37. The smallest absolute Gasteiger partial charge is 0.418 e. The summed E-state index contributed by atoms with van der Waals surface area (Å²) >= 11 is 0. The van der Waals surface area contributed by atoms with Crippen molar-refractivity contribution in [3.05, 3.63) is 24.5 Å². The number of hydrogen-bond donors (Lipinski definition) is 0. The van der Waals surface area contributed by atoms with Crippen molar-refractivity contribution in [3.8, 4) is 0 Å². The number of carbonyl (C=O) groups is 1. The third-order valence-electron chi connectivity index (χ3n) is 1.01. The maximum atomic E-state index is 10.8. The second kappa shape index (κ2) is 3.06. The van der Waals surface area contributed by atoms with Gasteiger partial charge in [0.15, 0.2) is 0 Å². The number of nitrogens with zero attached hydrogens (tertiary/aromatic N) is 1. The van der Waals surface area contributed by atoms with Gasteiger partial charge in [-0.25, -0.2) is 4.79 Å². The van der Waals surface area contributed by atoms with E-state index < -0.39 is 0 Å². The largest absolute Gasteiger partial charge is 0.449 e. The van der Waals surface area contributed by atoms with Crippen LogP contribution in [0.3, 0.4) is 0 Å². The Labute approximate surface area is 59.2 Å². The lowest BCUT2D eigenvalue weighted by atomic mass is 10.7. The predicted molar refractivity (Wildman–Crippen MR) is 35.7 cm³/mol. The molecule has 0 saturated carbocycles. The summed E-state index contributed by atoms with van der Waals surface area (Å²) in [7, 11) is 0. The van der Waals surface area contributed by atoms with Gasteiger partial charge in [-0.15, -0.1) is 0 Å². The minimum atomic E-state index is -0.382. The van der Waals surface area contributed by atoms with Crippen LogP contribution in [-0.4, -0.2) is 17.3 Å². The van der Waals surface area contributed by atoms with Crippen LogP contribution in [0, 0.1) is 6.20 Å². The Morgan fingerprint density at radius 2 is 2.60 bits per heavy atom. The fourth-order valence-corrected chi connectivity index (χ4v) is 0.602. The van der Waals surface area contributed by atoms with Crippen LogP contribution in [0.2, 0.25) is 0 Å². The standard InChI is InChI=1S/C7H8NO2/c1-2-10-7(9)8-5-3-4-6-8/h3-5H,2H2,1H3. The maximum absolute atomic E-state index is 10.8.